The Hall–Kier alpha value is -0.160. The quantitative estimate of drug-likeness (QED) is 0.640. The first-order chi connectivity index (χ1) is 8.74. The van der Waals surface area contributed by atoms with Crippen molar-refractivity contribution >= 4 is 0 Å². The third-order valence-corrected chi connectivity index (χ3v) is 4.07. The van der Waals surface area contributed by atoms with Gasteiger partial charge in [0.15, 0.2) is 0 Å². The van der Waals surface area contributed by atoms with E-state index in [0.29, 0.717) is 0 Å². The van der Waals surface area contributed by atoms with E-state index in [1.807, 2.05) is 0 Å². The average Bonchev–Trinajstić information content (AvgIpc) is 2.35. The third kappa shape index (κ3) is 4.84. The van der Waals surface area contributed by atoms with Crippen LogP contribution < -0.4 is 10.6 Å². The number of nitrogens with zero attached hydrogens (tertiary/aromatic N) is 2. The molecule has 0 aromatic heterocycles. The highest BCUT2D eigenvalue weighted by Gasteiger charge is 2.17. The zero-order valence-electron chi connectivity index (χ0n) is 12.1. The van der Waals surface area contributed by atoms with Gasteiger partial charge < -0.3 is 20.4 Å². The summed E-state index contributed by atoms with van der Waals surface area (Å²) in [7, 11) is 0. The maximum Gasteiger partial charge on any atom is 0.0110 e. The molecule has 0 radical (unpaired) electrons. The highest BCUT2D eigenvalue weighted by Crippen LogP contribution is 2.05. The second kappa shape index (κ2) is 7.43. The van der Waals surface area contributed by atoms with Crippen molar-refractivity contribution < 1.29 is 0 Å². The van der Waals surface area contributed by atoms with E-state index in [0.717, 1.165) is 38.0 Å². The number of rotatable bonds is 0. The molecule has 18 heavy (non-hydrogen) atoms. The highest BCUT2D eigenvalue weighted by molar-refractivity contribution is 4.75. The van der Waals surface area contributed by atoms with E-state index in [1.54, 1.807) is 0 Å². The molecule has 4 nitrogen and oxygen atoms in total. The van der Waals surface area contributed by atoms with Gasteiger partial charge in [0, 0.05) is 52.4 Å². The van der Waals surface area contributed by atoms with E-state index in [4.69, 9.17) is 0 Å². The van der Waals surface area contributed by atoms with Crippen molar-refractivity contribution in [3.05, 3.63) is 0 Å². The lowest BCUT2D eigenvalue weighted by molar-refractivity contribution is 0.153. The monoisotopic (exact) mass is 254 g/mol. The second-order valence-electron chi connectivity index (χ2n) is 6.22. The van der Waals surface area contributed by atoms with Gasteiger partial charge in [0.1, 0.15) is 0 Å². The van der Waals surface area contributed by atoms with E-state index < -0.39 is 0 Å². The van der Waals surface area contributed by atoms with E-state index in [1.165, 1.54) is 39.3 Å². The van der Waals surface area contributed by atoms with Crippen molar-refractivity contribution in [1.82, 2.24) is 20.4 Å². The summed E-state index contributed by atoms with van der Waals surface area (Å²) in [4.78, 5) is 5.27. The van der Waals surface area contributed by atoms with Gasteiger partial charge in [-0.3, -0.25) is 0 Å². The van der Waals surface area contributed by atoms with E-state index in [2.05, 4.69) is 34.3 Å². The standard InChI is InChI=1S/C14H30N4/c1-13-9-15-3-6-18-8-7-17(11-13)5-4-16-10-14(2)12-18/h13-16H,3-12H2,1-2H3. The number of fused-ring (bicyclic) bond motifs is 3. The molecule has 0 spiro atoms. The molecule has 2 fully saturated rings. The zero-order valence-corrected chi connectivity index (χ0v) is 12.1. The van der Waals surface area contributed by atoms with Gasteiger partial charge in [-0.25, -0.2) is 0 Å². The molecule has 2 aliphatic rings. The van der Waals surface area contributed by atoms with Crippen LogP contribution in [0.2, 0.25) is 0 Å². The Morgan fingerprint density at radius 2 is 1.17 bits per heavy atom. The molecular formula is C14H30N4. The highest BCUT2D eigenvalue weighted by atomic mass is 15.2. The number of hydrogen-bond acceptors (Lipinski definition) is 4. The minimum absolute atomic E-state index is 0.762. The minimum atomic E-state index is 0.762. The Balaban J connectivity index is 1.96. The van der Waals surface area contributed by atoms with Crippen molar-refractivity contribution in [2.45, 2.75) is 13.8 Å². The van der Waals surface area contributed by atoms with Crippen LogP contribution in [0.15, 0.2) is 0 Å². The van der Waals surface area contributed by atoms with Crippen molar-refractivity contribution in [2.24, 2.45) is 11.8 Å². The molecule has 0 aliphatic carbocycles. The average molecular weight is 254 g/mol. The third-order valence-electron chi connectivity index (χ3n) is 4.07. The first kappa shape index (κ1) is 14.3. The van der Waals surface area contributed by atoms with Crippen molar-refractivity contribution in [3.8, 4) is 0 Å². The van der Waals surface area contributed by atoms with Gasteiger partial charge in [-0.2, -0.15) is 0 Å². The first-order valence-electron chi connectivity index (χ1n) is 7.60. The van der Waals surface area contributed by atoms with E-state index in [9.17, 15) is 0 Å². The van der Waals surface area contributed by atoms with Crippen LogP contribution in [0.25, 0.3) is 0 Å². The van der Waals surface area contributed by atoms with Gasteiger partial charge in [-0.15, -0.1) is 0 Å². The van der Waals surface area contributed by atoms with Crippen LogP contribution >= 0.6 is 0 Å². The normalized spacial score (nSPS) is 40.3. The van der Waals surface area contributed by atoms with Crippen LogP contribution in [-0.2, 0) is 0 Å². The van der Waals surface area contributed by atoms with Gasteiger partial charge >= 0.3 is 0 Å². The molecule has 0 aromatic rings. The minimum Gasteiger partial charge on any atom is -0.315 e. The SMILES string of the molecule is CC1CNCCN2CCN(CCNCC(C)C2)C1. The Morgan fingerprint density at radius 3 is 1.61 bits per heavy atom. The molecule has 2 heterocycles. The van der Waals surface area contributed by atoms with Crippen LogP contribution in [0.5, 0.6) is 0 Å². The molecule has 0 aromatic carbocycles. The summed E-state index contributed by atoms with van der Waals surface area (Å²) in [5.41, 5.74) is 0. The van der Waals surface area contributed by atoms with Crippen molar-refractivity contribution in [1.29, 1.82) is 0 Å². The lowest BCUT2D eigenvalue weighted by Gasteiger charge is -2.34. The summed E-state index contributed by atoms with van der Waals surface area (Å²) in [5.74, 6) is 1.52. The van der Waals surface area contributed by atoms with Gasteiger partial charge in [-0.05, 0) is 24.9 Å². The van der Waals surface area contributed by atoms with Crippen LogP contribution in [0.1, 0.15) is 13.8 Å². The fraction of sp³-hybridized carbons (Fsp3) is 1.00. The van der Waals surface area contributed by atoms with Gasteiger partial charge in [-0.1, -0.05) is 13.8 Å². The molecule has 2 rings (SSSR count). The Kier molecular flexibility index (Phi) is 5.89. The lowest BCUT2D eigenvalue weighted by atomic mass is 10.1. The lowest BCUT2D eigenvalue weighted by Crippen LogP contribution is -2.48. The van der Waals surface area contributed by atoms with Crippen LogP contribution in [-0.4, -0.2) is 75.2 Å². The number of nitrogens with one attached hydrogen (secondary N) is 2. The van der Waals surface area contributed by atoms with E-state index in [-0.39, 0.29) is 0 Å². The molecule has 2 aliphatic heterocycles. The van der Waals surface area contributed by atoms with Crippen LogP contribution in [0.3, 0.4) is 0 Å². The number of hydrogen-bond donors (Lipinski definition) is 2. The first-order valence-corrected chi connectivity index (χ1v) is 7.60. The fourth-order valence-electron chi connectivity index (χ4n) is 3.05. The molecule has 4 atom stereocenters. The summed E-state index contributed by atoms with van der Waals surface area (Å²) in [6, 6.07) is 0. The molecule has 2 N–H and O–H groups in total. The fourth-order valence-corrected chi connectivity index (χ4v) is 3.05. The summed E-state index contributed by atoms with van der Waals surface area (Å²) in [6.45, 7) is 16.7. The summed E-state index contributed by atoms with van der Waals surface area (Å²) >= 11 is 0. The predicted molar refractivity (Wildman–Crippen MR) is 76.9 cm³/mol. The molecule has 4 heteroatoms. The summed E-state index contributed by atoms with van der Waals surface area (Å²) in [5, 5.41) is 7.21. The molecule has 2 saturated heterocycles. The largest absolute Gasteiger partial charge is 0.315 e. The zero-order chi connectivity index (χ0) is 12.8. The summed E-state index contributed by atoms with van der Waals surface area (Å²) < 4.78 is 0. The maximum absolute atomic E-state index is 3.60. The molecule has 2 bridgehead atoms. The maximum atomic E-state index is 3.60. The Bertz CT molecular complexity index is 210. The van der Waals surface area contributed by atoms with Gasteiger partial charge in [0.2, 0.25) is 0 Å². The molecule has 106 valence electrons. The van der Waals surface area contributed by atoms with Crippen molar-refractivity contribution in [3.63, 3.8) is 0 Å². The molecular weight excluding hydrogens is 224 g/mol. The van der Waals surface area contributed by atoms with Gasteiger partial charge in [0.25, 0.3) is 0 Å². The Morgan fingerprint density at radius 1 is 0.722 bits per heavy atom. The van der Waals surface area contributed by atoms with Crippen molar-refractivity contribution in [2.75, 3.05) is 65.4 Å². The topological polar surface area (TPSA) is 30.5 Å². The summed E-state index contributed by atoms with van der Waals surface area (Å²) in [6.07, 6.45) is 0. The second-order valence-corrected chi connectivity index (χ2v) is 6.22. The van der Waals surface area contributed by atoms with E-state index >= 15 is 0 Å². The molecule has 0 saturated carbocycles. The molecule has 0 amide bonds. The smallest absolute Gasteiger partial charge is 0.0110 e. The van der Waals surface area contributed by atoms with Gasteiger partial charge in [0.05, 0.1) is 0 Å². The van der Waals surface area contributed by atoms with Crippen LogP contribution in [0, 0.1) is 11.8 Å². The Labute approximate surface area is 112 Å². The molecule has 4 unspecified atom stereocenters. The predicted octanol–water partition coefficient (Wildman–Crippen LogP) is 0.0690. The van der Waals surface area contributed by atoms with Crippen LogP contribution in [0.4, 0.5) is 0 Å².